The number of H-pyrrole nitrogens is 1. The number of aryl methyl sites for hydroxylation is 1. The van der Waals surface area contributed by atoms with Crippen molar-refractivity contribution in [2.45, 2.75) is 44.6 Å². The van der Waals surface area contributed by atoms with Crippen LogP contribution in [0.4, 0.5) is 0 Å². The third-order valence-electron chi connectivity index (χ3n) is 3.01. The first-order chi connectivity index (χ1) is 6.27. The van der Waals surface area contributed by atoms with E-state index in [9.17, 15) is 5.11 Å². The van der Waals surface area contributed by atoms with Crippen LogP contribution in [0.5, 0.6) is 0 Å². The minimum absolute atomic E-state index is 0.0662. The van der Waals surface area contributed by atoms with Crippen LogP contribution in [0.2, 0.25) is 0 Å². The van der Waals surface area contributed by atoms with Crippen molar-refractivity contribution in [2.24, 2.45) is 0 Å². The molecule has 13 heavy (non-hydrogen) atoms. The minimum Gasteiger partial charge on any atom is -0.393 e. The summed E-state index contributed by atoms with van der Waals surface area (Å²) in [5, 5.41) is 16.4. The van der Waals surface area contributed by atoms with E-state index in [4.69, 9.17) is 0 Å². The Labute approximate surface area is 78.2 Å². The van der Waals surface area contributed by atoms with Gasteiger partial charge in [0, 0.05) is 5.69 Å². The highest BCUT2D eigenvalue weighted by atomic mass is 16.3. The van der Waals surface area contributed by atoms with Gasteiger partial charge in [-0.3, -0.25) is 5.10 Å². The lowest BCUT2D eigenvalue weighted by atomic mass is 9.83. The van der Waals surface area contributed by atoms with Crippen LogP contribution in [0, 0.1) is 6.92 Å². The van der Waals surface area contributed by atoms with Crippen LogP contribution >= 0.6 is 0 Å². The Morgan fingerprint density at radius 3 is 2.62 bits per heavy atom. The number of aromatic amines is 1. The molecule has 1 aliphatic rings. The van der Waals surface area contributed by atoms with E-state index in [-0.39, 0.29) is 6.10 Å². The maximum Gasteiger partial charge on any atom is 0.0540 e. The summed E-state index contributed by atoms with van der Waals surface area (Å²) >= 11 is 0. The summed E-state index contributed by atoms with van der Waals surface area (Å²) in [5.41, 5.74) is 2.52. The van der Waals surface area contributed by atoms with Crippen molar-refractivity contribution in [1.82, 2.24) is 10.2 Å². The third-order valence-corrected chi connectivity index (χ3v) is 3.01. The molecule has 0 saturated heterocycles. The number of rotatable bonds is 1. The molecule has 3 nitrogen and oxygen atoms in total. The molecule has 1 aromatic rings. The molecular formula is C10H16N2O. The van der Waals surface area contributed by atoms with E-state index in [1.165, 1.54) is 11.3 Å². The Hall–Kier alpha value is -0.830. The number of aromatic nitrogens is 2. The van der Waals surface area contributed by atoms with Crippen molar-refractivity contribution in [1.29, 1.82) is 0 Å². The summed E-state index contributed by atoms with van der Waals surface area (Å²) in [6.45, 7) is 2.06. The summed E-state index contributed by atoms with van der Waals surface area (Å²) in [5.74, 6) is 0.613. The van der Waals surface area contributed by atoms with Crippen molar-refractivity contribution in [3.8, 4) is 0 Å². The Morgan fingerprint density at radius 2 is 2.08 bits per heavy atom. The van der Waals surface area contributed by atoms with Crippen molar-refractivity contribution in [3.63, 3.8) is 0 Å². The molecule has 3 heteroatoms. The second kappa shape index (κ2) is 3.50. The van der Waals surface area contributed by atoms with Crippen LogP contribution in [0.15, 0.2) is 6.20 Å². The Bertz CT molecular complexity index is 274. The van der Waals surface area contributed by atoms with Gasteiger partial charge in [-0.1, -0.05) is 0 Å². The standard InChI is InChI=1S/C10H16N2O/c1-7-10(6-11-12-7)8-2-4-9(13)5-3-8/h6,8-9,13H,2-5H2,1H3,(H,11,12). The van der Waals surface area contributed by atoms with Crippen LogP contribution in [0.25, 0.3) is 0 Å². The van der Waals surface area contributed by atoms with Crippen LogP contribution in [0.1, 0.15) is 42.9 Å². The summed E-state index contributed by atoms with van der Waals surface area (Å²) in [4.78, 5) is 0. The maximum atomic E-state index is 9.37. The molecule has 0 amide bonds. The normalized spacial score (nSPS) is 29.1. The van der Waals surface area contributed by atoms with E-state index in [1.54, 1.807) is 0 Å². The second-order valence-corrected chi connectivity index (χ2v) is 3.96. The van der Waals surface area contributed by atoms with E-state index in [0.29, 0.717) is 5.92 Å². The molecule has 0 radical (unpaired) electrons. The highest BCUT2D eigenvalue weighted by Crippen LogP contribution is 2.33. The first-order valence-electron chi connectivity index (χ1n) is 4.95. The van der Waals surface area contributed by atoms with Gasteiger partial charge in [0.1, 0.15) is 0 Å². The minimum atomic E-state index is -0.0662. The number of nitrogens with zero attached hydrogens (tertiary/aromatic N) is 1. The van der Waals surface area contributed by atoms with Crippen molar-refractivity contribution in [3.05, 3.63) is 17.5 Å². The Kier molecular flexibility index (Phi) is 2.36. The van der Waals surface area contributed by atoms with Gasteiger partial charge in [-0.2, -0.15) is 5.10 Å². The molecular weight excluding hydrogens is 164 g/mol. The first kappa shape index (κ1) is 8.75. The average Bonchev–Trinajstić information content (AvgIpc) is 2.53. The largest absolute Gasteiger partial charge is 0.393 e. The van der Waals surface area contributed by atoms with Crippen LogP contribution < -0.4 is 0 Å². The van der Waals surface area contributed by atoms with Crippen LogP contribution in [-0.2, 0) is 0 Å². The van der Waals surface area contributed by atoms with Crippen molar-refractivity contribution < 1.29 is 5.11 Å². The van der Waals surface area contributed by atoms with Gasteiger partial charge in [0.25, 0.3) is 0 Å². The average molecular weight is 180 g/mol. The fourth-order valence-electron chi connectivity index (χ4n) is 2.16. The molecule has 0 unspecified atom stereocenters. The molecule has 1 saturated carbocycles. The predicted octanol–water partition coefficient (Wildman–Crippen LogP) is 1.74. The van der Waals surface area contributed by atoms with Gasteiger partial charge in [0.2, 0.25) is 0 Å². The zero-order chi connectivity index (χ0) is 9.26. The van der Waals surface area contributed by atoms with E-state index in [1.807, 2.05) is 6.20 Å². The molecule has 0 aromatic carbocycles. The zero-order valence-electron chi connectivity index (χ0n) is 7.95. The fraction of sp³-hybridized carbons (Fsp3) is 0.700. The molecule has 2 N–H and O–H groups in total. The van der Waals surface area contributed by atoms with E-state index >= 15 is 0 Å². The topological polar surface area (TPSA) is 48.9 Å². The van der Waals surface area contributed by atoms with Crippen molar-refractivity contribution in [2.75, 3.05) is 0 Å². The second-order valence-electron chi connectivity index (χ2n) is 3.96. The molecule has 2 rings (SSSR count). The highest BCUT2D eigenvalue weighted by Gasteiger charge is 2.22. The zero-order valence-corrected chi connectivity index (χ0v) is 7.95. The van der Waals surface area contributed by atoms with Gasteiger partial charge in [-0.05, 0) is 44.1 Å². The Morgan fingerprint density at radius 1 is 1.38 bits per heavy atom. The smallest absolute Gasteiger partial charge is 0.0540 e. The molecule has 0 aliphatic heterocycles. The molecule has 1 heterocycles. The van der Waals surface area contributed by atoms with Gasteiger partial charge in [-0.25, -0.2) is 0 Å². The summed E-state index contributed by atoms with van der Waals surface area (Å²) in [6, 6.07) is 0. The monoisotopic (exact) mass is 180 g/mol. The summed E-state index contributed by atoms with van der Waals surface area (Å²) in [7, 11) is 0. The number of aliphatic hydroxyl groups is 1. The SMILES string of the molecule is Cc1[nH]ncc1C1CCC(O)CC1. The lowest BCUT2D eigenvalue weighted by molar-refractivity contribution is 0.122. The molecule has 1 aliphatic carbocycles. The van der Waals surface area contributed by atoms with E-state index in [0.717, 1.165) is 25.7 Å². The lowest BCUT2D eigenvalue weighted by Crippen LogP contribution is -2.17. The lowest BCUT2D eigenvalue weighted by Gasteiger charge is -2.24. The molecule has 72 valence electrons. The molecule has 0 spiro atoms. The summed E-state index contributed by atoms with van der Waals surface area (Å²) < 4.78 is 0. The van der Waals surface area contributed by atoms with Gasteiger partial charge in [0.05, 0.1) is 12.3 Å². The first-order valence-corrected chi connectivity index (χ1v) is 4.95. The predicted molar refractivity (Wildman–Crippen MR) is 50.5 cm³/mol. The van der Waals surface area contributed by atoms with Gasteiger partial charge in [-0.15, -0.1) is 0 Å². The number of nitrogens with one attached hydrogen (secondary N) is 1. The van der Waals surface area contributed by atoms with Gasteiger partial charge in [0.15, 0.2) is 0 Å². The quantitative estimate of drug-likeness (QED) is 0.691. The fourth-order valence-corrected chi connectivity index (χ4v) is 2.16. The van der Waals surface area contributed by atoms with Crippen LogP contribution in [-0.4, -0.2) is 21.4 Å². The molecule has 1 fully saturated rings. The Balaban J connectivity index is 2.06. The molecule has 0 atom stereocenters. The number of hydrogen-bond donors (Lipinski definition) is 2. The van der Waals surface area contributed by atoms with Crippen LogP contribution in [0.3, 0.4) is 0 Å². The van der Waals surface area contributed by atoms with E-state index < -0.39 is 0 Å². The molecule has 0 bridgehead atoms. The van der Waals surface area contributed by atoms with E-state index in [2.05, 4.69) is 17.1 Å². The highest BCUT2D eigenvalue weighted by molar-refractivity contribution is 5.20. The third kappa shape index (κ3) is 1.75. The summed E-state index contributed by atoms with van der Waals surface area (Å²) in [6.07, 6.45) is 5.94. The molecule has 1 aromatic heterocycles. The number of aliphatic hydroxyl groups excluding tert-OH is 1. The number of hydrogen-bond acceptors (Lipinski definition) is 2. The van der Waals surface area contributed by atoms with Crippen molar-refractivity contribution >= 4 is 0 Å². The van der Waals surface area contributed by atoms with Gasteiger partial charge >= 0.3 is 0 Å². The maximum absolute atomic E-state index is 9.37. The van der Waals surface area contributed by atoms with Gasteiger partial charge < -0.3 is 5.11 Å².